The molecule has 0 aliphatic carbocycles. The highest BCUT2D eigenvalue weighted by Crippen LogP contribution is 2.06. The summed E-state index contributed by atoms with van der Waals surface area (Å²) >= 11 is 0. The number of rotatable bonds is 4. The molecule has 0 radical (unpaired) electrons. The summed E-state index contributed by atoms with van der Waals surface area (Å²) in [4.78, 5) is 10.7. The van der Waals surface area contributed by atoms with E-state index in [1.165, 1.54) is 12.3 Å². The lowest BCUT2D eigenvalue weighted by molar-refractivity contribution is 0.0697. The molecule has 16 heavy (non-hydrogen) atoms. The molecule has 2 rings (SSSR count). The van der Waals surface area contributed by atoms with Crippen LogP contribution in [0.2, 0.25) is 0 Å². The average Bonchev–Trinajstić information content (AvgIpc) is 2.87. The van der Waals surface area contributed by atoms with Crippen molar-refractivity contribution in [2.45, 2.75) is 19.9 Å². The van der Waals surface area contributed by atoms with E-state index in [0.717, 1.165) is 0 Å². The van der Waals surface area contributed by atoms with Crippen LogP contribution < -0.4 is 0 Å². The molecule has 0 bridgehead atoms. The zero-order chi connectivity index (χ0) is 11.5. The lowest BCUT2D eigenvalue weighted by Crippen LogP contribution is -1.98. The van der Waals surface area contributed by atoms with Gasteiger partial charge in [-0.2, -0.15) is 0 Å². The fourth-order valence-corrected chi connectivity index (χ4v) is 1.32. The molecule has 84 valence electrons. The van der Waals surface area contributed by atoms with Crippen molar-refractivity contribution in [3.05, 3.63) is 35.8 Å². The van der Waals surface area contributed by atoms with E-state index in [0.29, 0.717) is 24.7 Å². The molecule has 0 saturated heterocycles. The van der Waals surface area contributed by atoms with Crippen LogP contribution >= 0.6 is 0 Å². The number of hydrogen-bond acceptors (Lipinski definition) is 4. The first-order valence-corrected chi connectivity index (χ1v) is 4.89. The van der Waals surface area contributed by atoms with Crippen LogP contribution in [-0.2, 0) is 13.0 Å². The quantitative estimate of drug-likeness (QED) is 0.838. The smallest absolute Gasteiger partial charge is 0.337 e. The highest BCUT2D eigenvalue weighted by atomic mass is 16.4. The number of aryl methyl sites for hydroxylation is 1. The molecule has 0 unspecified atom stereocenters. The van der Waals surface area contributed by atoms with Crippen molar-refractivity contribution >= 4 is 5.97 Å². The Hall–Kier alpha value is -2.11. The van der Waals surface area contributed by atoms with Gasteiger partial charge in [0, 0.05) is 18.8 Å². The van der Waals surface area contributed by atoms with Crippen LogP contribution in [-0.4, -0.2) is 25.8 Å². The number of nitrogens with zero attached hydrogens (tertiary/aromatic N) is 3. The topological polar surface area (TPSA) is 81.2 Å². The van der Waals surface area contributed by atoms with Crippen molar-refractivity contribution in [1.82, 2.24) is 14.8 Å². The molecule has 0 spiro atoms. The van der Waals surface area contributed by atoms with Crippen molar-refractivity contribution in [3.8, 4) is 0 Å². The average molecular weight is 221 g/mol. The Morgan fingerprint density at radius 1 is 1.50 bits per heavy atom. The first-order valence-electron chi connectivity index (χ1n) is 4.89. The Morgan fingerprint density at radius 3 is 2.81 bits per heavy atom. The standard InChI is InChI=1S/C10H11N3O3/c1-2-8-11-12-9(16-8)6-13-4-3-7(5-13)10(14)15/h3-5H,2,6H2,1H3,(H,14,15). The number of hydrogen-bond donors (Lipinski definition) is 1. The molecule has 0 aliphatic heterocycles. The second kappa shape index (κ2) is 4.18. The normalized spacial score (nSPS) is 10.6. The van der Waals surface area contributed by atoms with Crippen LogP contribution in [0.1, 0.15) is 29.1 Å². The van der Waals surface area contributed by atoms with Gasteiger partial charge in [0.1, 0.15) is 6.54 Å². The van der Waals surface area contributed by atoms with Gasteiger partial charge >= 0.3 is 5.97 Å². The van der Waals surface area contributed by atoms with Gasteiger partial charge in [-0.25, -0.2) is 4.79 Å². The third-order valence-corrected chi connectivity index (χ3v) is 2.13. The van der Waals surface area contributed by atoms with E-state index >= 15 is 0 Å². The molecule has 2 aromatic heterocycles. The molecule has 0 aliphatic rings. The molecular weight excluding hydrogens is 210 g/mol. The number of carboxylic acid groups (broad SMARTS) is 1. The molecule has 1 N–H and O–H groups in total. The van der Waals surface area contributed by atoms with Gasteiger partial charge in [0.05, 0.1) is 5.56 Å². The minimum Gasteiger partial charge on any atom is -0.478 e. The minimum atomic E-state index is -0.946. The van der Waals surface area contributed by atoms with E-state index in [1.807, 2.05) is 6.92 Å². The van der Waals surface area contributed by atoms with Crippen LogP contribution in [0.5, 0.6) is 0 Å². The summed E-state index contributed by atoms with van der Waals surface area (Å²) in [5, 5.41) is 16.4. The van der Waals surface area contributed by atoms with E-state index in [-0.39, 0.29) is 5.56 Å². The molecule has 0 amide bonds. The zero-order valence-electron chi connectivity index (χ0n) is 8.75. The van der Waals surface area contributed by atoms with Gasteiger partial charge in [0.25, 0.3) is 0 Å². The SMILES string of the molecule is CCc1nnc(Cn2ccc(C(=O)O)c2)o1. The van der Waals surface area contributed by atoms with Gasteiger partial charge in [0.15, 0.2) is 0 Å². The minimum absolute atomic E-state index is 0.246. The second-order valence-corrected chi connectivity index (χ2v) is 3.32. The summed E-state index contributed by atoms with van der Waals surface area (Å²) in [7, 11) is 0. The van der Waals surface area contributed by atoms with Crippen molar-refractivity contribution in [2.75, 3.05) is 0 Å². The van der Waals surface area contributed by atoms with E-state index in [9.17, 15) is 4.79 Å². The van der Waals surface area contributed by atoms with Gasteiger partial charge in [-0.3, -0.25) is 0 Å². The lowest BCUT2D eigenvalue weighted by atomic mass is 10.4. The first-order chi connectivity index (χ1) is 7.69. The maximum absolute atomic E-state index is 10.7. The maximum atomic E-state index is 10.7. The Labute approximate surface area is 91.5 Å². The van der Waals surface area contributed by atoms with Gasteiger partial charge in [0.2, 0.25) is 11.8 Å². The van der Waals surface area contributed by atoms with Crippen LogP contribution in [0.4, 0.5) is 0 Å². The monoisotopic (exact) mass is 221 g/mol. The van der Waals surface area contributed by atoms with E-state index < -0.39 is 5.97 Å². The Balaban J connectivity index is 2.11. The summed E-state index contributed by atoms with van der Waals surface area (Å²) < 4.78 is 7.01. The van der Waals surface area contributed by atoms with Crippen LogP contribution in [0.3, 0.4) is 0 Å². The predicted molar refractivity (Wildman–Crippen MR) is 54.2 cm³/mol. The molecule has 0 fully saturated rings. The second-order valence-electron chi connectivity index (χ2n) is 3.32. The van der Waals surface area contributed by atoms with Crippen molar-refractivity contribution in [2.24, 2.45) is 0 Å². The van der Waals surface area contributed by atoms with Crippen LogP contribution in [0, 0.1) is 0 Å². The lowest BCUT2D eigenvalue weighted by Gasteiger charge is -1.96. The molecule has 0 saturated carbocycles. The Kier molecular flexibility index (Phi) is 2.72. The summed E-state index contributed by atoms with van der Waals surface area (Å²) in [6, 6.07) is 1.53. The number of carboxylic acids is 1. The predicted octanol–water partition coefficient (Wildman–Crippen LogP) is 1.18. The largest absolute Gasteiger partial charge is 0.478 e. The molecule has 0 aromatic carbocycles. The Bertz CT molecular complexity index is 501. The number of aromatic nitrogens is 3. The number of aromatic carboxylic acids is 1. The van der Waals surface area contributed by atoms with E-state index in [4.69, 9.17) is 9.52 Å². The Morgan fingerprint density at radius 2 is 2.25 bits per heavy atom. The summed E-state index contributed by atoms with van der Waals surface area (Å²) in [5.41, 5.74) is 0.246. The molecule has 2 heterocycles. The first kappa shape index (κ1) is 10.4. The third-order valence-electron chi connectivity index (χ3n) is 2.13. The highest BCUT2D eigenvalue weighted by Gasteiger charge is 2.08. The fraction of sp³-hybridized carbons (Fsp3) is 0.300. The van der Waals surface area contributed by atoms with Crippen molar-refractivity contribution < 1.29 is 14.3 Å². The highest BCUT2D eigenvalue weighted by molar-refractivity contribution is 5.87. The summed E-state index contributed by atoms with van der Waals surface area (Å²) in [6.07, 6.45) is 3.89. The van der Waals surface area contributed by atoms with Gasteiger partial charge in [-0.05, 0) is 6.07 Å². The fourth-order valence-electron chi connectivity index (χ4n) is 1.32. The summed E-state index contributed by atoms with van der Waals surface area (Å²) in [6.45, 7) is 2.32. The third kappa shape index (κ3) is 2.10. The van der Waals surface area contributed by atoms with Gasteiger partial charge < -0.3 is 14.1 Å². The zero-order valence-corrected chi connectivity index (χ0v) is 8.75. The molecule has 0 atom stereocenters. The molecular formula is C10H11N3O3. The van der Waals surface area contributed by atoms with Gasteiger partial charge in [-0.1, -0.05) is 6.92 Å². The van der Waals surface area contributed by atoms with E-state index in [2.05, 4.69) is 10.2 Å². The van der Waals surface area contributed by atoms with Crippen molar-refractivity contribution in [3.63, 3.8) is 0 Å². The van der Waals surface area contributed by atoms with Crippen LogP contribution in [0.15, 0.2) is 22.9 Å². The van der Waals surface area contributed by atoms with Crippen LogP contribution in [0.25, 0.3) is 0 Å². The van der Waals surface area contributed by atoms with E-state index in [1.54, 1.807) is 10.8 Å². The van der Waals surface area contributed by atoms with Gasteiger partial charge in [-0.15, -0.1) is 10.2 Å². The number of carbonyl (C=O) groups is 1. The van der Waals surface area contributed by atoms with Crippen molar-refractivity contribution in [1.29, 1.82) is 0 Å². The summed E-state index contributed by atoms with van der Waals surface area (Å²) in [5.74, 6) is 0.114. The molecule has 6 nitrogen and oxygen atoms in total. The maximum Gasteiger partial charge on any atom is 0.337 e. The molecule has 2 aromatic rings. The molecule has 6 heteroatoms.